The molecule has 2 aromatic carbocycles. The van der Waals surface area contributed by atoms with Gasteiger partial charge in [-0.3, -0.25) is 9.36 Å². The fourth-order valence-corrected chi connectivity index (χ4v) is 3.73. The van der Waals surface area contributed by atoms with Crippen LogP contribution < -0.4 is 25.8 Å². The van der Waals surface area contributed by atoms with E-state index in [-0.39, 0.29) is 17.4 Å². The highest BCUT2D eigenvalue weighted by Gasteiger charge is 2.26. The molecule has 1 aliphatic heterocycles. The molecular formula is C23H25ClFN5O2. The van der Waals surface area contributed by atoms with Crippen LogP contribution in [0.5, 0.6) is 5.75 Å². The first kappa shape index (κ1) is 22.0. The van der Waals surface area contributed by atoms with Crippen molar-refractivity contribution >= 4 is 34.7 Å². The molecule has 168 valence electrons. The summed E-state index contributed by atoms with van der Waals surface area (Å²) in [5.74, 6) is 0.661. The summed E-state index contributed by atoms with van der Waals surface area (Å²) in [4.78, 5) is 19.0. The number of hydrogen-bond donors (Lipinski definition) is 2. The second-order valence-electron chi connectivity index (χ2n) is 7.78. The molecule has 0 spiro atoms. The SMILES string of the molecule is CCN1CNc2c1c(=O)nc(Nc1ccc(OC(C)C)c(F)c1)n2Cc1ccc(Cl)cc1. The van der Waals surface area contributed by atoms with E-state index in [1.54, 1.807) is 12.1 Å². The predicted octanol–water partition coefficient (Wildman–Crippen LogP) is 4.82. The minimum Gasteiger partial charge on any atom is -0.488 e. The van der Waals surface area contributed by atoms with Crippen LogP contribution in [0.25, 0.3) is 0 Å². The molecule has 2 heterocycles. The van der Waals surface area contributed by atoms with E-state index in [1.807, 2.05) is 54.5 Å². The summed E-state index contributed by atoms with van der Waals surface area (Å²) >= 11 is 6.03. The molecule has 2 N–H and O–H groups in total. The number of hydrogen-bond acceptors (Lipinski definition) is 6. The van der Waals surface area contributed by atoms with Crippen LogP contribution in [0.1, 0.15) is 26.3 Å². The summed E-state index contributed by atoms with van der Waals surface area (Å²) in [6.45, 7) is 7.28. The summed E-state index contributed by atoms with van der Waals surface area (Å²) < 4.78 is 21.9. The summed E-state index contributed by atoms with van der Waals surface area (Å²) in [5.41, 5.74) is 1.62. The number of ether oxygens (including phenoxy) is 1. The van der Waals surface area contributed by atoms with Gasteiger partial charge in [0.15, 0.2) is 11.6 Å². The van der Waals surface area contributed by atoms with Gasteiger partial charge < -0.3 is 20.3 Å². The normalized spacial score (nSPS) is 12.6. The quantitative estimate of drug-likeness (QED) is 0.529. The van der Waals surface area contributed by atoms with Crippen molar-refractivity contribution in [1.29, 1.82) is 0 Å². The van der Waals surface area contributed by atoms with Crippen molar-refractivity contribution in [2.24, 2.45) is 0 Å². The highest BCUT2D eigenvalue weighted by atomic mass is 35.5. The lowest BCUT2D eigenvalue weighted by atomic mass is 10.2. The first-order valence-corrected chi connectivity index (χ1v) is 10.8. The Labute approximate surface area is 190 Å². The van der Waals surface area contributed by atoms with Gasteiger partial charge >= 0.3 is 0 Å². The zero-order chi connectivity index (χ0) is 22.8. The van der Waals surface area contributed by atoms with Crippen molar-refractivity contribution < 1.29 is 9.13 Å². The Morgan fingerprint density at radius 2 is 2.00 bits per heavy atom. The minimum absolute atomic E-state index is 0.140. The van der Waals surface area contributed by atoms with Crippen LogP contribution in [0, 0.1) is 5.82 Å². The number of benzene rings is 2. The molecule has 0 aliphatic carbocycles. The van der Waals surface area contributed by atoms with Gasteiger partial charge in [0.25, 0.3) is 5.56 Å². The Morgan fingerprint density at radius 1 is 1.25 bits per heavy atom. The molecule has 0 atom stereocenters. The highest BCUT2D eigenvalue weighted by molar-refractivity contribution is 6.30. The number of fused-ring (bicyclic) bond motifs is 1. The third-order valence-electron chi connectivity index (χ3n) is 5.10. The molecule has 0 bridgehead atoms. The van der Waals surface area contributed by atoms with E-state index >= 15 is 0 Å². The monoisotopic (exact) mass is 457 g/mol. The predicted molar refractivity (Wildman–Crippen MR) is 126 cm³/mol. The average molecular weight is 458 g/mol. The van der Waals surface area contributed by atoms with Crippen LogP contribution in [-0.4, -0.2) is 28.9 Å². The molecule has 0 saturated carbocycles. The zero-order valence-electron chi connectivity index (χ0n) is 18.2. The average Bonchev–Trinajstić information content (AvgIpc) is 3.19. The number of halogens is 2. The summed E-state index contributed by atoms with van der Waals surface area (Å²) in [6.07, 6.45) is -0.140. The van der Waals surface area contributed by atoms with E-state index in [1.165, 1.54) is 6.07 Å². The zero-order valence-corrected chi connectivity index (χ0v) is 18.9. The lowest BCUT2D eigenvalue weighted by Crippen LogP contribution is -2.27. The number of nitrogens with zero attached hydrogens (tertiary/aromatic N) is 3. The van der Waals surface area contributed by atoms with Crippen LogP contribution in [-0.2, 0) is 6.54 Å². The molecule has 0 amide bonds. The summed E-state index contributed by atoms with van der Waals surface area (Å²) in [5, 5.41) is 7.04. The van der Waals surface area contributed by atoms with E-state index in [9.17, 15) is 9.18 Å². The van der Waals surface area contributed by atoms with E-state index in [4.69, 9.17) is 16.3 Å². The van der Waals surface area contributed by atoms with Gasteiger partial charge in [-0.25, -0.2) is 4.39 Å². The molecule has 32 heavy (non-hydrogen) atoms. The number of nitrogens with one attached hydrogen (secondary N) is 2. The summed E-state index contributed by atoms with van der Waals surface area (Å²) in [7, 11) is 0. The number of aromatic nitrogens is 2. The van der Waals surface area contributed by atoms with Gasteiger partial charge in [0.2, 0.25) is 5.95 Å². The Bertz CT molecular complexity index is 1180. The van der Waals surface area contributed by atoms with E-state index in [2.05, 4.69) is 15.6 Å². The van der Waals surface area contributed by atoms with E-state index in [0.29, 0.717) is 47.9 Å². The van der Waals surface area contributed by atoms with Crippen molar-refractivity contribution in [2.75, 3.05) is 28.7 Å². The molecule has 1 aliphatic rings. The van der Waals surface area contributed by atoms with Crippen LogP contribution in [0.3, 0.4) is 0 Å². The molecule has 1 aromatic heterocycles. The Morgan fingerprint density at radius 3 is 2.66 bits per heavy atom. The first-order valence-electron chi connectivity index (χ1n) is 10.5. The van der Waals surface area contributed by atoms with Gasteiger partial charge in [-0.1, -0.05) is 23.7 Å². The molecule has 0 radical (unpaired) electrons. The maximum Gasteiger partial charge on any atom is 0.300 e. The lowest BCUT2D eigenvalue weighted by molar-refractivity contribution is 0.231. The summed E-state index contributed by atoms with van der Waals surface area (Å²) in [6, 6.07) is 12.0. The van der Waals surface area contributed by atoms with Gasteiger partial charge in [-0.2, -0.15) is 4.98 Å². The fourth-order valence-electron chi connectivity index (χ4n) is 3.61. The molecule has 3 aromatic rings. The lowest BCUT2D eigenvalue weighted by Gasteiger charge is -2.19. The molecule has 7 nitrogen and oxygen atoms in total. The van der Waals surface area contributed by atoms with Crippen molar-refractivity contribution in [3.05, 3.63) is 69.2 Å². The standard InChI is InChI=1S/C23H25ClFN5O2/c1-4-29-13-26-21-20(29)22(31)28-23(30(21)12-15-5-7-16(24)8-6-15)27-17-9-10-19(18(25)11-17)32-14(2)3/h5-11,14,26H,4,12-13H2,1-3H3,(H,27,28,31). The molecule has 4 rings (SSSR count). The second kappa shape index (κ2) is 9.08. The second-order valence-corrected chi connectivity index (χ2v) is 8.21. The third kappa shape index (κ3) is 4.50. The molecule has 0 fully saturated rings. The topological polar surface area (TPSA) is 71.4 Å². The van der Waals surface area contributed by atoms with Gasteiger partial charge in [-0.15, -0.1) is 0 Å². The smallest absolute Gasteiger partial charge is 0.300 e. The molecule has 0 saturated heterocycles. The van der Waals surface area contributed by atoms with Crippen LogP contribution in [0.4, 0.5) is 27.5 Å². The van der Waals surface area contributed by atoms with Gasteiger partial charge in [0, 0.05) is 23.3 Å². The fraction of sp³-hybridized carbons (Fsp3) is 0.304. The van der Waals surface area contributed by atoms with Gasteiger partial charge in [0.05, 0.1) is 19.3 Å². The van der Waals surface area contributed by atoms with Crippen molar-refractivity contribution in [3.63, 3.8) is 0 Å². The van der Waals surface area contributed by atoms with E-state index < -0.39 is 5.82 Å². The minimum atomic E-state index is -0.494. The maximum atomic E-state index is 14.5. The number of rotatable bonds is 7. The highest BCUT2D eigenvalue weighted by Crippen LogP contribution is 2.32. The van der Waals surface area contributed by atoms with Gasteiger partial charge in [-0.05, 0) is 50.6 Å². The van der Waals surface area contributed by atoms with Crippen molar-refractivity contribution in [2.45, 2.75) is 33.4 Å². The van der Waals surface area contributed by atoms with Crippen LogP contribution in [0.15, 0.2) is 47.3 Å². The third-order valence-corrected chi connectivity index (χ3v) is 5.35. The number of anilines is 4. The Hall–Kier alpha value is -3.26. The van der Waals surface area contributed by atoms with E-state index in [0.717, 1.165) is 5.56 Å². The van der Waals surface area contributed by atoms with Crippen molar-refractivity contribution in [1.82, 2.24) is 9.55 Å². The van der Waals surface area contributed by atoms with Crippen LogP contribution >= 0.6 is 11.6 Å². The largest absolute Gasteiger partial charge is 0.488 e. The molecule has 9 heteroatoms. The molecular weight excluding hydrogens is 433 g/mol. The van der Waals surface area contributed by atoms with Crippen LogP contribution in [0.2, 0.25) is 5.02 Å². The molecule has 0 unspecified atom stereocenters. The Kier molecular flexibility index (Phi) is 6.23. The van der Waals surface area contributed by atoms with Gasteiger partial charge in [0.1, 0.15) is 11.5 Å². The maximum absolute atomic E-state index is 14.5. The Balaban J connectivity index is 1.74. The van der Waals surface area contributed by atoms with Crippen molar-refractivity contribution in [3.8, 4) is 5.75 Å². The first-order chi connectivity index (χ1) is 15.4.